The molecule has 0 saturated heterocycles. The van der Waals surface area contributed by atoms with Gasteiger partial charge in [0.2, 0.25) is 5.82 Å². The van der Waals surface area contributed by atoms with Crippen LogP contribution in [0.15, 0.2) is 87.9 Å². The third-order valence-electron chi connectivity index (χ3n) is 6.44. The van der Waals surface area contributed by atoms with E-state index < -0.39 is 6.04 Å². The highest BCUT2D eigenvalue weighted by Gasteiger charge is 2.35. The maximum Gasteiger partial charge on any atom is 0.322 e. The molecule has 7 heteroatoms. The summed E-state index contributed by atoms with van der Waals surface area (Å²) in [6.07, 6.45) is 2.05. The number of aryl methyl sites for hydroxylation is 2. The van der Waals surface area contributed by atoms with Gasteiger partial charge in [-0.05, 0) is 56.4 Å². The molecule has 2 amide bonds. The lowest BCUT2D eigenvalue weighted by molar-refractivity contribution is 0.203. The summed E-state index contributed by atoms with van der Waals surface area (Å²) in [5.74, 6) is 0.921. The lowest BCUT2D eigenvalue weighted by Gasteiger charge is -2.35. The van der Waals surface area contributed by atoms with Gasteiger partial charge in [-0.15, -0.1) is 11.8 Å². The fourth-order valence-electron chi connectivity index (χ4n) is 4.41. The molecule has 0 fully saturated rings. The van der Waals surface area contributed by atoms with Gasteiger partial charge in [-0.3, -0.25) is 4.90 Å². The third-order valence-corrected chi connectivity index (χ3v) is 7.18. The van der Waals surface area contributed by atoms with Crippen LogP contribution in [0.5, 0.6) is 0 Å². The van der Waals surface area contributed by atoms with Crippen molar-refractivity contribution in [3.63, 3.8) is 0 Å². The average Bonchev–Trinajstić information content (AvgIpc) is 3.37. The zero-order chi connectivity index (χ0) is 25.2. The van der Waals surface area contributed by atoms with Crippen LogP contribution in [0.1, 0.15) is 41.1 Å². The van der Waals surface area contributed by atoms with Gasteiger partial charge >= 0.3 is 6.03 Å². The molecular formula is C29H28N4O2S. The predicted octanol–water partition coefficient (Wildman–Crippen LogP) is 6.77. The number of benzene rings is 3. The molecular weight excluding hydrogens is 468 g/mol. The van der Waals surface area contributed by atoms with Gasteiger partial charge in [-0.25, -0.2) is 4.79 Å². The fraction of sp³-hybridized carbons (Fsp3) is 0.207. The molecule has 1 atom stereocenters. The van der Waals surface area contributed by atoms with Crippen molar-refractivity contribution in [3.8, 4) is 11.4 Å². The molecule has 36 heavy (non-hydrogen) atoms. The number of aromatic nitrogens is 2. The summed E-state index contributed by atoms with van der Waals surface area (Å²) in [5.41, 5.74) is 6.75. The van der Waals surface area contributed by atoms with E-state index in [1.807, 2.05) is 75.6 Å². The van der Waals surface area contributed by atoms with E-state index in [2.05, 4.69) is 34.7 Å². The zero-order valence-electron chi connectivity index (χ0n) is 20.8. The Labute approximate surface area is 215 Å². The van der Waals surface area contributed by atoms with Crippen molar-refractivity contribution in [2.45, 2.75) is 38.3 Å². The Morgan fingerprint density at radius 3 is 2.42 bits per heavy atom. The SMILES string of the molecule is CSc1ccc(CN2C(=O)NC(c3ccc(C)cc3)C(c3nc(-c4cccc(C)c4)no3)=C2C)cc1. The molecule has 1 aliphatic heterocycles. The molecule has 1 unspecified atom stereocenters. The first-order chi connectivity index (χ1) is 17.4. The van der Waals surface area contributed by atoms with E-state index >= 15 is 0 Å². The normalized spacial score (nSPS) is 15.8. The first-order valence-electron chi connectivity index (χ1n) is 11.8. The molecule has 6 nitrogen and oxygen atoms in total. The van der Waals surface area contributed by atoms with Crippen molar-refractivity contribution in [2.75, 3.05) is 6.26 Å². The predicted molar refractivity (Wildman–Crippen MR) is 143 cm³/mol. The molecule has 182 valence electrons. The lowest BCUT2D eigenvalue weighted by Crippen LogP contribution is -2.45. The molecule has 1 N–H and O–H groups in total. The van der Waals surface area contributed by atoms with Crippen molar-refractivity contribution in [1.82, 2.24) is 20.4 Å². The van der Waals surface area contributed by atoms with E-state index in [4.69, 9.17) is 9.51 Å². The van der Waals surface area contributed by atoms with Crippen LogP contribution in [0.25, 0.3) is 17.0 Å². The highest BCUT2D eigenvalue weighted by Crippen LogP contribution is 2.38. The Bertz CT molecular complexity index is 1420. The summed E-state index contributed by atoms with van der Waals surface area (Å²) in [7, 11) is 0. The van der Waals surface area contributed by atoms with Gasteiger partial charge in [-0.1, -0.05) is 70.9 Å². The average molecular weight is 497 g/mol. The molecule has 0 spiro atoms. The Morgan fingerprint density at radius 1 is 0.972 bits per heavy atom. The number of rotatable bonds is 6. The largest absolute Gasteiger partial charge is 0.334 e. The van der Waals surface area contributed by atoms with Crippen LogP contribution in [0.2, 0.25) is 0 Å². The maximum absolute atomic E-state index is 13.3. The fourth-order valence-corrected chi connectivity index (χ4v) is 4.81. The van der Waals surface area contributed by atoms with Crippen molar-refractivity contribution >= 4 is 23.4 Å². The van der Waals surface area contributed by atoms with E-state index in [9.17, 15) is 4.79 Å². The second kappa shape index (κ2) is 10.0. The standard InChI is InChI=1S/C29H28N4O2S/c1-18-8-12-22(13-9-18)26-25(28-31-27(32-35-28)23-7-5-6-19(2)16-23)20(3)33(29(34)30-26)17-21-10-14-24(36-4)15-11-21/h5-16,26H,17H2,1-4H3,(H,30,34). The highest BCUT2D eigenvalue weighted by atomic mass is 32.2. The number of thioether (sulfide) groups is 1. The molecule has 4 aromatic rings. The first-order valence-corrected chi connectivity index (χ1v) is 13.0. The van der Waals surface area contributed by atoms with Crippen LogP contribution in [0, 0.1) is 13.8 Å². The van der Waals surface area contributed by atoms with Gasteiger partial charge < -0.3 is 9.84 Å². The highest BCUT2D eigenvalue weighted by molar-refractivity contribution is 7.98. The number of hydrogen-bond donors (Lipinski definition) is 1. The van der Waals surface area contributed by atoms with Gasteiger partial charge in [0, 0.05) is 16.2 Å². The second-order valence-electron chi connectivity index (χ2n) is 9.02. The van der Waals surface area contributed by atoms with E-state index in [0.29, 0.717) is 18.3 Å². The zero-order valence-corrected chi connectivity index (χ0v) is 21.6. The van der Waals surface area contributed by atoms with Gasteiger partial charge in [0.15, 0.2) is 0 Å². The number of amides is 2. The molecule has 0 radical (unpaired) electrons. The summed E-state index contributed by atoms with van der Waals surface area (Å²) >= 11 is 1.69. The van der Waals surface area contributed by atoms with E-state index in [-0.39, 0.29) is 6.03 Å². The summed E-state index contributed by atoms with van der Waals surface area (Å²) in [6.45, 7) is 6.46. The van der Waals surface area contributed by atoms with E-state index in [0.717, 1.165) is 39.1 Å². The molecule has 0 bridgehead atoms. The summed E-state index contributed by atoms with van der Waals surface area (Å²) in [5, 5.41) is 7.45. The van der Waals surface area contributed by atoms with Gasteiger partial charge in [0.1, 0.15) is 0 Å². The topological polar surface area (TPSA) is 71.3 Å². The number of nitrogens with zero attached hydrogens (tertiary/aromatic N) is 3. The summed E-state index contributed by atoms with van der Waals surface area (Å²) < 4.78 is 5.81. The summed E-state index contributed by atoms with van der Waals surface area (Å²) in [6, 6.07) is 23.8. The molecule has 0 saturated carbocycles. The minimum absolute atomic E-state index is 0.158. The van der Waals surface area contributed by atoms with Crippen molar-refractivity contribution in [3.05, 3.63) is 107 Å². The van der Waals surface area contributed by atoms with Crippen LogP contribution in [-0.2, 0) is 6.54 Å². The maximum atomic E-state index is 13.3. The Morgan fingerprint density at radius 2 is 1.72 bits per heavy atom. The Hall–Kier alpha value is -3.84. The van der Waals surface area contributed by atoms with Crippen molar-refractivity contribution in [2.24, 2.45) is 0 Å². The number of hydrogen-bond acceptors (Lipinski definition) is 5. The first kappa shape index (κ1) is 23.9. The third kappa shape index (κ3) is 4.79. The van der Waals surface area contributed by atoms with Gasteiger partial charge in [-0.2, -0.15) is 4.98 Å². The second-order valence-corrected chi connectivity index (χ2v) is 9.90. The van der Waals surface area contributed by atoms with E-state index in [1.54, 1.807) is 16.7 Å². The van der Waals surface area contributed by atoms with Crippen LogP contribution in [-0.4, -0.2) is 27.3 Å². The minimum atomic E-state index is -0.404. The smallest absolute Gasteiger partial charge is 0.322 e. The number of nitrogens with one attached hydrogen (secondary N) is 1. The molecule has 1 aliphatic rings. The van der Waals surface area contributed by atoms with Crippen molar-refractivity contribution < 1.29 is 9.32 Å². The number of carbonyl (C=O) groups excluding carboxylic acids is 1. The van der Waals surface area contributed by atoms with Crippen LogP contribution < -0.4 is 5.32 Å². The molecule has 2 heterocycles. The minimum Gasteiger partial charge on any atom is -0.334 e. The molecule has 5 rings (SSSR count). The quantitative estimate of drug-likeness (QED) is 0.298. The van der Waals surface area contributed by atoms with Crippen LogP contribution in [0.3, 0.4) is 0 Å². The van der Waals surface area contributed by atoms with Gasteiger partial charge in [0.25, 0.3) is 5.89 Å². The Kier molecular flexibility index (Phi) is 6.65. The Balaban J connectivity index is 1.57. The van der Waals surface area contributed by atoms with Gasteiger partial charge in [0.05, 0.1) is 18.2 Å². The summed E-state index contributed by atoms with van der Waals surface area (Å²) in [4.78, 5) is 21.0. The number of urea groups is 1. The number of carbonyl (C=O) groups is 1. The van der Waals surface area contributed by atoms with E-state index in [1.165, 1.54) is 4.90 Å². The van der Waals surface area contributed by atoms with Crippen molar-refractivity contribution in [1.29, 1.82) is 0 Å². The molecule has 3 aromatic carbocycles. The molecule has 0 aliphatic carbocycles. The lowest BCUT2D eigenvalue weighted by atomic mass is 9.94. The number of allylic oxidation sites excluding steroid dienone is 1. The van der Waals surface area contributed by atoms with Crippen LogP contribution >= 0.6 is 11.8 Å². The molecule has 1 aromatic heterocycles. The monoisotopic (exact) mass is 496 g/mol. The van der Waals surface area contributed by atoms with Crippen LogP contribution in [0.4, 0.5) is 4.79 Å².